The molecule has 1 aromatic carbocycles. The number of amides is 1. The van der Waals surface area contributed by atoms with Gasteiger partial charge in [-0.1, -0.05) is 0 Å². The molecule has 3 rings (SSSR count). The highest BCUT2D eigenvalue weighted by molar-refractivity contribution is 9.10. The lowest BCUT2D eigenvalue weighted by Gasteiger charge is -2.11. The van der Waals surface area contributed by atoms with Gasteiger partial charge in [-0.15, -0.1) is 5.10 Å². The first-order chi connectivity index (χ1) is 9.60. The van der Waals surface area contributed by atoms with Crippen molar-refractivity contribution in [3.05, 3.63) is 33.6 Å². The molecule has 1 aliphatic rings. The van der Waals surface area contributed by atoms with Crippen molar-refractivity contribution in [3.8, 4) is 0 Å². The number of hydrogen-bond donors (Lipinski definition) is 2. The number of rotatable bonds is 3. The Morgan fingerprint density at radius 1 is 1.50 bits per heavy atom. The molecular weight excluding hydrogens is 322 g/mol. The number of nitrogens with one attached hydrogen (secondary N) is 2. The van der Waals surface area contributed by atoms with Gasteiger partial charge in [0.2, 0.25) is 10.7 Å². The molecule has 2 heterocycles. The molecule has 7 heteroatoms. The monoisotopic (exact) mass is 335 g/mol. The van der Waals surface area contributed by atoms with Gasteiger partial charge in [-0.25, -0.2) is 4.68 Å². The topological polar surface area (TPSA) is 71.8 Å². The Morgan fingerprint density at radius 3 is 3.05 bits per heavy atom. The lowest BCUT2D eigenvalue weighted by molar-refractivity contribution is 0.0966. The van der Waals surface area contributed by atoms with Gasteiger partial charge in [0, 0.05) is 24.3 Å². The van der Waals surface area contributed by atoms with Crippen LogP contribution in [0.15, 0.2) is 16.9 Å². The molecule has 0 bridgehead atoms. The van der Waals surface area contributed by atoms with Crippen LogP contribution in [0.4, 0.5) is 11.6 Å². The van der Waals surface area contributed by atoms with E-state index in [9.17, 15) is 4.79 Å². The van der Waals surface area contributed by atoms with Crippen molar-refractivity contribution in [2.24, 2.45) is 0 Å². The van der Waals surface area contributed by atoms with Crippen LogP contribution in [0.5, 0.6) is 0 Å². The largest absolute Gasteiger partial charge is 0.348 e. The molecule has 104 valence electrons. The first-order valence-electron chi connectivity index (χ1n) is 6.38. The summed E-state index contributed by atoms with van der Waals surface area (Å²) in [5, 5.41) is 10.3. The standard InChI is InChI=1S/C13H14BrN5O/c1-3-19-13(17-12(14)18-19)16-10-5-4-8-9(7(10)2)6-15-11(8)20/h4-5H,3,6H2,1-2H3,(H,15,20)(H,16,17,18). The van der Waals surface area contributed by atoms with Crippen molar-refractivity contribution < 1.29 is 4.79 Å². The SMILES string of the molecule is CCn1nc(Br)nc1Nc1ccc2c(c1C)CNC2=O. The number of hydrogen-bond acceptors (Lipinski definition) is 4. The van der Waals surface area contributed by atoms with E-state index in [-0.39, 0.29) is 5.91 Å². The predicted molar refractivity (Wildman–Crippen MR) is 79.0 cm³/mol. The van der Waals surface area contributed by atoms with Crippen molar-refractivity contribution >= 4 is 33.5 Å². The zero-order valence-electron chi connectivity index (χ0n) is 11.2. The van der Waals surface area contributed by atoms with E-state index in [0.717, 1.165) is 28.9 Å². The van der Waals surface area contributed by atoms with Crippen molar-refractivity contribution in [2.75, 3.05) is 5.32 Å². The highest BCUT2D eigenvalue weighted by atomic mass is 79.9. The van der Waals surface area contributed by atoms with Crippen LogP contribution in [0.2, 0.25) is 0 Å². The average Bonchev–Trinajstić information content (AvgIpc) is 2.97. The Morgan fingerprint density at radius 2 is 2.30 bits per heavy atom. The van der Waals surface area contributed by atoms with E-state index in [1.54, 1.807) is 4.68 Å². The minimum absolute atomic E-state index is 0.00544. The molecule has 1 amide bonds. The second kappa shape index (κ2) is 4.90. The zero-order chi connectivity index (χ0) is 14.3. The van der Waals surface area contributed by atoms with Gasteiger partial charge in [0.15, 0.2) is 0 Å². The van der Waals surface area contributed by atoms with E-state index in [4.69, 9.17) is 0 Å². The van der Waals surface area contributed by atoms with Gasteiger partial charge in [-0.05, 0) is 53.0 Å². The molecule has 0 fully saturated rings. The van der Waals surface area contributed by atoms with Gasteiger partial charge in [0.1, 0.15) is 0 Å². The molecule has 0 radical (unpaired) electrons. The molecule has 0 atom stereocenters. The number of nitrogens with zero attached hydrogens (tertiary/aromatic N) is 3. The van der Waals surface area contributed by atoms with Crippen LogP contribution in [0.1, 0.15) is 28.4 Å². The number of benzene rings is 1. The van der Waals surface area contributed by atoms with E-state index < -0.39 is 0 Å². The molecule has 1 aromatic heterocycles. The molecule has 0 saturated carbocycles. The molecule has 1 aliphatic heterocycles. The molecule has 0 spiro atoms. The van der Waals surface area contributed by atoms with E-state index in [1.165, 1.54) is 0 Å². The molecule has 0 unspecified atom stereocenters. The molecule has 2 N–H and O–H groups in total. The average molecular weight is 336 g/mol. The lowest BCUT2D eigenvalue weighted by Crippen LogP contribution is -2.12. The van der Waals surface area contributed by atoms with Crippen molar-refractivity contribution in [3.63, 3.8) is 0 Å². The fourth-order valence-corrected chi connectivity index (χ4v) is 2.70. The highest BCUT2D eigenvalue weighted by Crippen LogP contribution is 2.28. The Balaban J connectivity index is 1.98. The highest BCUT2D eigenvalue weighted by Gasteiger charge is 2.22. The van der Waals surface area contributed by atoms with Gasteiger partial charge in [-0.2, -0.15) is 4.98 Å². The Hall–Kier alpha value is -1.89. The predicted octanol–water partition coefficient (Wildman–Crippen LogP) is 2.36. The van der Waals surface area contributed by atoms with Crippen LogP contribution in [0.25, 0.3) is 0 Å². The van der Waals surface area contributed by atoms with Gasteiger partial charge in [0.25, 0.3) is 5.91 Å². The Labute approximate surface area is 124 Å². The van der Waals surface area contributed by atoms with Crippen molar-refractivity contribution in [1.82, 2.24) is 20.1 Å². The van der Waals surface area contributed by atoms with Crippen molar-refractivity contribution in [1.29, 1.82) is 0 Å². The van der Waals surface area contributed by atoms with Crippen LogP contribution in [-0.2, 0) is 13.1 Å². The number of carbonyl (C=O) groups excluding carboxylic acids is 1. The van der Waals surface area contributed by atoms with Crippen LogP contribution < -0.4 is 10.6 Å². The number of carbonyl (C=O) groups is 1. The summed E-state index contributed by atoms with van der Waals surface area (Å²) in [6.07, 6.45) is 0. The van der Waals surface area contributed by atoms with Crippen LogP contribution in [0, 0.1) is 6.92 Å². The van der Waals surface area contributed by atoms with Gasteiger partial charge < -0.3 is 10.6 Å². The summed E-state index contributed by atoms with van der Waals surface area (Å²) < 4.78 is 2.33. The normalized spacial score (nSPS) is 13.2. The maximum Gasteiger partial charge on any atom is 0.251 e. The van der Waals surface area contributed by atoms with Crippen LogP contribution in [-0.4, -0.2) is 20.7 Å². The Bertz CT molecular complexity index is 694. The number of aryl methyl sites for hydroxylation is 1. The zero-order valence-corrected chi connectivity index (χ0v) is 12.8. The third-order valence-electron chi connectivity index (χ3n) is 3.46. The van der Waals surface area contributed by atoms with E-state index in [0.29, 0.717) is 17.2 Å². The van der Waals surface area contributed by atoms with Crippen LogP contribution >= 0.6 is 15.9 Å². The lowest BCUT2D eigenvalue weighted by atomic mass is 10.0. The Kier molecular flexibility index (Phi) is 3.21. The van der Waals surface area contributed by atoms with Gasteiger partial charge in [-0.3, -0.25) is 4.79 Å². The number of anilines is 2. The molecule has 2 aromatic rings. The molecule has 0 aliphatic carbocycles. The maximum absolute atomic E-state index is 11.6. The van der Waals surface area contributed by atoms with Crippen molar-refractivity contribution in [2.45, 2.75) is 26.9 Å². The fourth-order valence-electron chi connectivity index (χ4n) is 2.34. The summed E-state index contributed by atoms with van der Waals surface area (Å²) in [5.74, 6) is 0.675. The summed E-state index contributed by atoms with van der Waals surface area (Å²) in [6.45, 7) is 5.32. The van der Waals surface area contributed by atoms with Gasteiger partial charge >= 0.3 is 0 Å². The maximum atomic E-state index is 11.6. The summed E-state index contributed by atoms with van der Waals surface area (Å²) >= 11 is 3.28. The van der Waals surface area contributed by atoms with E-state index in [2.05, 4.69) is 36.6 Å². The quantitative estimate of drug-likeness (QED) is 0.903. The van der Waals surface area contributed by atoms with Crippen LogP contribution in [0.3, 0.4) is 0 Å². The molecule has 6 nitrogen and oxygen atoms in total. The first-order valence-corrected chi connectivity index (χ1v) is 7.17. The number of aromatic nitrogens is 3. The fraction of sp³-hybridized carbons (Fsp3) is 0.308. The van der Waals surface area contributed by atoms with E-state index >= 15 is 0 Å². The summed E-state index contributed by atoms with van der Waals surface area (Å²) in [6, 6.07) is 3.75. The van der Waals surface area contributed by atoms with E-state index in [1.807, 2.05) is 26.0 Å². The molecular formula is C13H14BrN5O. The minimum Gasteiger partial charge on any atom is -0.348 e. The number of fused-ring (bicyclic) bond motifs is 1. The van der Waals surface area contributed by atoms with Gasteiger partial charge in [0.05, 0.1) is 0 Å². The molecule has 0 saturated heterocycles. The second-order valence-corrected chi connectivity index (χ2v) is 5.30. The summed E-state index contributed by atoms with van der Waals surface area (Å²) in [7, 11) is 0. The summed E-state index contributed by atoms with van der Waals surface area (Å²) in [4.78, 5) is 15.9. The number of halogens is 1. The summed E-state index contributed by atoms with van der Waals surface area (Å²) in [5.41, 5.74) is 3.80. The third kappa shape index (κ3) is 2.07. The second-order valence-electron chi connectivity index (χ2n) is 4.59. The first kappa shape index (κ1) is 13.1. The molecule has 20 heavy (non-hydrogen) atoms. The third-order valence-corrected chi connectivity index (χ3v) is 3.80. The smallest absolute Gasteiger partial charge is 0.251 e. The minimum atomic E-state index is -0.00544.